The fourth-order valence-electron chi connectivity index (χ4n) is 2.72. The maximum Gasteiger partial charge on any atom is 0.0761 e. The number of nitrogens with zero attached hydrogens (tertiary/aromatic N) is 1. The van der Waals surface area contributed by atoms with E-state index in [2.05, 4.69) is 16.4 Å². The van der Waals surface area contributed by atoms with Gasteiger partial charge >= 0.3 is 0 Å². The van der Waals surface area contributed by atoms with Crippen molar-refractivity contribution < 1.29 is 4.74 Å². The molecule has 0 saturated carbocycles. The van der Waals surface area contributed by atoms with Crippen molar-refractivity contribution in [3.8, 4) is 0 Å². The fourth-order valence-corrected chi connectivity index (χ4v) is 2.93. The van der Waals surface area contributed by atoms with Crippen molar-refractivity contribution >= 4 is 22.5 Å². The molecule has 4 heteroatoms. The molecule has 1 aromatic carbocycles. The topological polar surface area (TPSA) is 34.1 Å². The van der Waals surface area contributed by atoms with E-state index in [1.54, 1.807) is 0 Å². The Morgan fingerprint density at radius 1 is 1.35 bits per heavy atom. The largest absolute Gasteiger partial charge is 0.381 e. The summed E-state index contributed by atoms with van der Waals surface area (Å²) < 4.78 is 5.50. The zero-order chi connectivity index (χ0) is 13.8. The molecule has 0 amide bonds. The lowest BCUT2D eigenvalue weighted by molar-refractivity contribution is 0.0547. The van der Waals surface area contributed by atoms with Crippen molar-refractivity contribution in [2.75, 3.05) is 19.8 Å². The van der Waals surface area contributed by atoms with Crippen LogP contribution >= 0.6 is 11.6 Å². The van der Waals surface area contributed by atoms with Gasteiger partial charge in [0.15, 0.2) is 0 Å². The van der Waals surface area contributed by atoms with E-state index < -0.39 is 0 Å². The lowest BCUT2D eigenvalue weighted by Gasteiger charge is -2.22. The van der Waals surface area contributed by atoms with Crippen LogP contribution in [0.3, 0.4) is 0 Å². The van der Waals surface area contributed by atoms with Gasteiger partial charge in [0.1, 0.15) is 0 Å². The predicted molar refractivity (Wildman–Crippen MR) is 82.0 cm³/mol. The van der Waals surface area contributed by atoms with Gasteiger partial charge in [0.2, 0.25) is 0 Å². The molecule has 0 bridgehead atoms. The van der Waals surface area contributed by atoms with Gasteiger partial charge in [0.25, 0.3) is 0 Å². The lowest BCUT2D eigenvalue weighted by Crippen LogP contribution is -2.28. The van der Waals surface area contributed by atoms with Gasteiger partial charge < -0.3 is 10.1 Å². The molecule has 1 atom stereocenters. The van der Waals surface area contributed by atoms with E-state index in [4.69, 9.17) is 16.3 Å². The molecule has 3 rings (SSSR count). The molecule has 1 unspecified atom stereocenters. The summed E-state index contributed by atoms with van der Waals surface area (Å²) in [5.74, 6) is 0.635. The highest BCUT2D eigenvalue weighted by atomic mass is 35.5. The minimum atomic E-state index is 0.635. The first kappa shape index (κ1) is 13.8. The van der Waals surface area contributed by atoms with E-state index in [-0.39, 0.29) is 0 Å². The third-order valence-corrected chi connectivity index (χ3v) is 4.13. The highest BCUT2D eigenvalue weighted by Gasteiger charge is 2.13. The van der Waals surface area contributed by atoms with Crippen molar-refractivity contribution in [2.24, 2.45) is 5.92 Å². The Morgan fingerprint density at radius 3 is 3.15 bits per heavy atom. The summed E-state index contributed by atoms with van der Waals surface area (Å²) in [4.78, 5) is 4.46. The molecule has 1 fully saturated rings. The van der Waals surface area contributed by atoms with Crippen LogP contribution in [-0.4, -0.2) is 24.7 Å². The summed E-state index contributed by atoms with van der Waals surface area (Å²) in [5, 5.41) is 5.30. The number of hydrogen-bond acceptors (Lipinski definition) is 3. The number of hydrogen-bond donors (Lipinski definition) is 1. The third-order valence-electron chi connectivity index (χ3n) is 3.80. The van der Waals surface area contributed by atoms with Crippen LogP contribution in [0.1, 0.15) is 18.4 Å². The Labute approximate surface area is 124 Å². The summed E-state index contributed by atoms with van der Waals surface area (Å²) in [7, 11) is 0. The van der Waals surface area contributed by atoms with Gasteiger partial charge in [-0.05, 0) is 42.5 Å². The number of nitrogens with one attached hydrogen (secondary N) is 1. The third kappa shape index (κ3) is 3.11. The number of ether oxygens (including phenoxy) is 1. The van der Waals surface area contributed by atoms with Crippen LogP contribution in [0.4, 0.5) is 0 Å². The van der Waals surface area contributed by atoms with Crippen LogP contribution in [0.25, 0.3) is 10.9 Å². The summed E-state index contributed by atoms with van der Waals surface area (Å²) in [5.41, 5.74) is 2.19. The molecule has 0 spiro atoms. The molecule has 1 aliphatic heterocycles. The maximum absolute atomic E-state index is 6.21. The summed E-state index contributed by atoms with van der Waals surface area (Å²) in [6, 6.07) is 7.95. The average Bonchev–Trinajstić information content (AvgIpc) is 2.51. The van der Waals surface area contributed by atoms with Crippen LogP contribution in [0.2, 0.25) is 5.02 Å². The first-order chi connectivity index (χ1) is 9.84. The molecule has 2 aromatic rings. The van der Waals surface area contributed by atoms with Gasteiger partial charge in [-0.3, -0.25) is 4.98 Å². The minimum Gasteiger partial charge on any atom is -0.381 e. The van der Waals surface area contributed by atoms with Crippen LogP contribution < -0.4 is 5.32 Å². The predicted octanol–water partition coefficient (Wildman–Crippen LogP) is 3.40. The quantitative estimate of drug-likeness (QED) is 0.937. The molecule has 1 saturated heterocycles. The Morgan fingerprint density at radius 2 is 2.30 bits per heavy atom. The molecule has 1 aliphatic rings. The second-order valence-electron chi connectivity index (χ2n) is 5.32. The Kier molecular flexibility index (Phi) is 4.51. The van der Waals surface area contributed by atoms with Crippen molar-refractivity contribution in [1.82, 2.24) is 10.3 Å². The van der Waals surface area contributed by atoms with Gasteiger partial charge in [0.05, 0.1) is 12.1 Å². The molecular weight excluding hydrogens is 272 g/mol. The molecule has 106 valence electrons. The van der Waals surface area contributed by atoms with E-state index in [0.717, 1.165) is 42.2 Å². The number of pyridine rings is 1. The standard InChI is InChI=1S/C16H19ClN2O/c17-15-6-5-13(16-14(15)4-1-7-19-16)10-18-9-12-3-2-8-20-11-12/h1,4-7,12,18H,2-3,8-11H2. The number of aromatic nitrogens is 1. The zero-order valence-corrected chi connectivity index (χ0v) is 12.2. The first-order valence-electron chi connectivity index (χ1n) is 7.15. The van der Waals surface area contributed by atoms with Crippen molar-refractivity contribution in [3.05, 3.63) is 41.0 Å². The second kappa shape index (κ2) is 6.53. The molecule has 1 aromatic heterocycles. The zero-order valence-electron chi connectivity index (χ0n) is 11.4. The van der Waals surface area contributed by atoms with Gasteiger partial charge in [-0.25, -0.2) is 0 Å². The van der Waals surface area contributed by atoms with Crippen LogP contribution in [0.15, 0.2) is 30.5 Å². The van der Waals surface area contributed by atoms with Crippen molar-refractivity contribution in [3.63, 3.8) is 0 Å². The summed E-state index contributed by atoms with van der Waals surface area (Å²) in [6.45, 7) is 3.62. The van der Waals surface area contributed by atoms with Crippen molar-refractivity contribution in [1.29, 1.82) is 0 Å². The molecular formula is C16H19ClN2O. The molecule has 20 heavy (non-hydrogen) atoms. The smallest absolute Gasteiger partial charge is 0.0761 e. The highest BCUT2D eigenvalue weighted by molar-refractivity contribution is 6.35. The normalized spacial score (nSPS) is 19.4. The van der Waals surface area contributed by atoms with E-state index >= 15 is 0 Å². The Bertz CT molecular complexity index is 582. The maximum atomic E-state index is 6.21. The van der Waals surface area contributed by atoms with Crippen LogP contribution in [0.5, 0.6) is 0 Å². The van der Waals surface area contributed by atoms with Crippen LogP contribution in [-0.2, 0) is 11.3 Å². The first-order valence-corrected chi connectivity index (χ1v) is 7.53. The molecule has 2 heterocycles. The van der Waals surface area contributed by atoms with E-state index in [9.17, 15) is 0 Å². The number of halogens is 1. The number of fused-ring (bicyclic) bond motifs is 1. The monoisotopic (exact) mass is 290 g/mol. The summed E-state index contributed by atoms with van der Waals surface area (Å²) in [6.07, 6.45) is 4.25. The number of benzene rings is 1. The summed E-state index contributed by atoms with van der Waals surface area (Å²) >= 11 is 6.21. The highest BCUT2D eigenvalue weighted by Crippen LogP contribution is 2.24. The molecule has 3 nitrogen and oxygen atoms in total. The second-order valence-corrected chi connectivity index (χ2v) is 5.73. The van der Waals surface area contributed by atoms with E-state index in [0.29, 0.717) is 5.92 Å². The van der Waals surface area contributed by atoms with Crippen LogP contribution in [0, 0.1) is 5.92 Å². The average molecular weight is 291 g/mol. The molecule has 1 N–H and O–H groups in total. The van der Waals surface area contributed by atoms with Gasteiger partial charge in [0, 0.05) is 36.3 Å². The number of rotatable bonds is 4. The fraction of sp³-hybridized carbons (Fsp3) is 0.438. The van der Waals surface area contributed by atoms with E-state index in [1.807, 2.05) is 24.4 Å². The molecule has 0 radical (unpaired) electrons. The van der Waals surface area contributed by atoms with Gasteiger partial charge in [-0.2, -0.15) is 0 Å². The van der Waals surface area contributed by atoms with Gasteiger partial charge in [-0.1, -0.05) is 17.7 Å². The Hall–Kier alpha value is -1.16. The van der Waals surface area contributed by atoms with Crippen molar-refractivity contribution in [2.45, 2.75) is 19.4 Å². The minimum absolute atomic E-state index is 0.635. The SMILES string of the molecule is Clc1ccc(CNCC2CCCOC2)c2ncccc12. The Balaban J connectivity index is 1.67. The lowest BCUT2D eigenvalue weighted by atomic mass is 10.0. The van der Waals surface area contributed by atoms with Gasteiger partial charge in [-0.15, -0.1) is 0 Å². The van der Waals surface area contributed by atoms with E-state index in [1.165, 1.54) is 18.4 Å². The molecule has 0 aliphatic carbocycles.